The zero-order valence-electron chi connectivity index (χ0n) is 11.3. The van der Waals surface area contributed by atoms with E-state index in [1.807, 2.05) is 12.2 Å². The first kappa shape index (κ1) is 13.3. The lowest BCUT2D eigenvalue weighted by Crippen LogP contribution is -1.90. The van der Waals surface area contributed by atoms with Crippen LogP contribution in [0.15, 0.2) is 33.9 Å². The molecule has 4 nitrogen and oxygen atoms in total. The lowest BCUT2D eigenvalue weighted by atomic mass is 10.1. The molecule has 0 spiro atoms. The van der Waals surface area contributed by atoms with Crippen LogP contribution >= 0.6 is 0 Å². The van der Waals surface area contributed by atoms with E-state index in [0.717, 1.165) is 17.9 Å². The summed E-state index contributed by atoms with van der Waals surface area (Å²) in [5.74, 6) is 2.38. The van der Waals surface area contributed by atoms with Crippen LogP contribution in [0.5, 0.6) is 0 Å². The molecule has 19 heavy (non-hydrogen) atoms. The predicted molar refractivity (Wildman–Crippen MR) is 74.5 cm³/mol. The largest absolute Gasteiger partial charge is 0.445 e. The van der Waals surface area contributed by atoms with Crippen molar-refractivity contribution in [3.05, 3.63) is 48.4 Å². The fourth-order valence-electron chi connectivity index (χ4n) is 1.60. The van der Waals surface area contributed by atoms with Gasteiger partial charge in [0.05, 0.1) is 11.9 Å². The molecule has 2 heterocycles. The van der Waals surface area contributed by atoms with Gasteiger partial charge in [0.25, 0.3) is 0 Å². The molecule has 2 aromatic heterocycles. The Balaban J connectivity index is 1.95. The average molecular weight is 258 g/mol. The highest BCUT2D eigenvalue weighted by atomic mass is 16.4. The molecule has 0 aliphatic heterocycles. The Morgan fingerprint density at radius 2 is 2.26 bits per heavy atom. The van der Waals surface area contributed by atoms with Gasteiger partial charge in [-0.25, -0.2) is 9.97 Å². The molecule has 0 N–H and O–H groups in total. The smallest absolute Gasteiger partial charge is 0.218 e. The highest BCUT2D eigenvalue weighted by molar-refractivity contribution is 5.39. The molecule has 0 amide bonds. The van der Waals surface area contributed by atoms with Crippen molar-refractivity contribution in [3.8, 4) is 0 Å². The standard InChI is InChI=1S/C15H18N2O2/c1-4-11(3)13-10-18-15(17-13)8-6-7-12-9-16-14(5-2)19-12/h5-6,8-11H,2,4,7H2,1,3H3/b8-6+. The van der Waals surface area contributed by atoms with E-state index < -0.39 is 0 Å². The Hall–Kier alpha value is -2.10. The van der Waals surface area contributed by atoms with Gasteiger partial charge in [0.15, 0.2) is 0 Å². The van der Waals surface area contributed by atoms with E-state index in [2.05, 4.69) is 30.4 Å². The SMILES string of the molecule is C=Cc1ncc(C/C=C/c2nc(C(C)CC)co2)o1. The molecule has 0 saturated carbocycles. The third-order valence-electron chi connectivity index (χ3n) is 2.98. The van der Waals surface area contributed by atoms with Crippen molar-refractivity contribution in [1.29, 1.82) is 0 Å². The van der Waals surface area contributed by atoms with Crippen molar-refractivity contribution in [2.45, 2.75) is 32.6 Å². The summed E-state index contributed by atoms with van der Waals surface area (Å²) in [4.78, 5) is 8.46. The molecule has 0 saturated heterocycles. The maximum Gasteiger partial charge on any atom is 0.218 e. The van der Waals surface area contributed by atoms with Crippen LogP contribution in [-0.2, 0) is 6.42 Å². The zero-order chi connectivity index (χ0) is 13.7. The zero-order valence-corrected chi connectivity index (χ0v) is 11.3. The Labute approximate surface area is 112 Å². The van der Waals surface area contributed by atoms with Crippen LogP contribution in [0.25, 0.3) is 12.2 Å². The fourth-order valence-corrected chi connectivity index (χ4v) is 1.60. The number of aromatic nitrogens is 2. The van der Waals surface area contributed by atoms with Gasteiger partial charge in [0, 0.05) is 12.3 Å². The molecular weight excluding hydrogens is 240 g/mol. The van der Waals surface area contributed by atoms with Crippen LogP contribution in [0.3, 0.4) is 0 Å². The van der Waals surface area contributed by atoms with Gasteiger partial charge in [-0.3, -0.25) is 0 Å². The Morgan fingerprint density at radius 3 is 2.95 bits per heavy atom. The van der Waals surface area contributed by atoms with Gasteiger partial charge in [-0.05, 0) is 18.6 Å². The van der Waals surface area contributed by atoms with Crippen molar-refractivity contribution >= 4 is 12.2 Å². The average Bonchev–Trinajstić information content (AvgIpc) is 3.07. The second-order valence-corrected chi connectivity index (χ2v) is 4.40. The van der Waals surface area contributed by atoms with Gasteiger partial charge in [0.1, 0.15) is 12.0 Å². The van der Waals surface area contributed by atoms with Crippen LogP contribution in [0, 0.1) is 0 Å². The van der Waals surface area contributed by atoms with Crippen LogP contribution in [0.1, 0.15) is 49.4 Å². The number of hydrogen-bond acceptors (Lipinski definition) is 4. The van der Waals surface area contributed by atoms with Gasteiger partial charge in [-0.15, -0.1) is 0 Å². The van der Waals surface area contributed by atoms with E-state index in [1.54, 1.807) is 18.5 Å². The molecule has 0 aliphatic carbocycles. The molecule has 1 atom stereocenters. The van der Waals surface area contributed by atoms with Gasteiger partial charge in [0.2, 0.25) is 11.8 Å². The first-order valence-electron chi connectivity index (χ1n) is 6.42. The van der Waals surface area contributed by atoms with E-state index in [4.69, 9.17) is 8.83 Å². The van der Waals surface area contributed by atoms with E-state index in [9.17, 15) is 0 Å². The molecule has 0 aromatic carbocycles. The van der Waals surface area contributed by atoms with Gasteiger partial charge >= 0.3 is 0 Å². The Bertz CT molecular complexity index is 566. The van der Waals surface area contributed by atoms with Crippen LogP contribution in [0.2, 0.25) is 0 Å². The summed E-state index contributed by atoms with van der Waals surface area (Å²) < 4.78 is 10.8. The quantitative estimate of drug-likeness (QED) is 0.783. The summed E-state index contributed by atoms with van der Waals surface area (Å²) in [6, 6.07) is 0. The minimum atomic E-state index is 0.426. The summed E-state index contributed by atoms with van der Waals surface area (Å²) in [6.07, 6.45) is 10.5. The van der Waals surface area contributed by atoms with E-state index in [0.29, 0.717) is 24.1 Å². The van der Waals surface area contributed by atoms with Crippen molar-refractivity contribution < 1.29 is 8.83 Å². The monoisotopic (exact) mass is 258 g/mol. The summed E-state index contributed by atoms with van der Waals surface area (Å²) >= 11 is 0. The first-order chi connectivity index (χ1) is 9.22. The number of oxazole rings is 2. The molecule has 0 aliphatic rings. The predicted octanol–water partition coefficient (Wildman–Crippen LogP) is 4.08. The Morgan fingerprint density at radius 1 is 1.42 bits per heavy atom. The lowest BCUT2D eigenvalue weighted by molar-refractivity contribution is 0.506. The van der Waals surface area contributed by atoms with Gasteiger partial charge in [-0.2, -0.15) is 0 Å². The molecule has 0 radical (unpaired) electrons. The molecule has 0 fully saturated rings. The molecule has 0 bridgehead atoms. The second-order valence-electron chi connectivity index (χ2n) is 4.40. The number of rotatable bonds is 6. The van der Waals surface area contributed by atoms with Crippen LogP contribution in [0.4, 0.5) is 0 Å². The number of allylic oxidation sites excluding steroid dienone is 1. The summed E-state index contributed by atoms with van der Waals surface area (Å²) in [7, 11) is 0. The number of nitrogens with zero attached hydrogens (tertiary/aromatic N) is 2. The molecule has 100 valence electrons. The maximum absolute atomic E-state index is 5.40. The molecule has 2 aromatic rings. The van der Waals surface area contributed by atoms with Crippen LogP contribution < -0.4 is 0 Å². The molecule has 4 heteroatoms. The topological polar surface area (TPSA) is 52.1 Å². The summed E-state index contributed by atoms with van der Waals surface area (Å²) in [5, 5.41) is 0. The van der Waals surface area contributed by atoms with Crippen molar-refractivity contribution in [3.63, 3.8) is 0 Å². The second kappa shape index (κ2) is 6.18. The van der Waals surface area contributed by atoms with Crippen molar-refractivity contribution in [1.82, 2.24) is 9.97 Å². The minimum absolute atomic E-state index is 0.426. The third kappa shape index (κ3) is 3.44. The number of hydrogen-bond donors (Lipinski definition) is 0. The minimum Gasteiger partial charge on any atom is -0.445 e. The first-order valence-corrected chi connectivity index (χ1v) is 6.42. The maximum atomic E-state index is 5.40. The van der Waals surface area contributed by atoms with Crippen molar-refractivity contribution in [2.75, 3.05) is 0 Å². The van der Waals surface area contributed by atoms with Gasteiger partial charge < -0.3 is 8.83 Å². The van der Waals surface area contributed by atoms with Crippen molar-refractivity contribution in [2.24, 2.45) is 0 Å². The summed E-state index contributed by atoms with van der Waals surface area (Å²) in [6.45, 7) is 7.87. The van der Waals surface area contributed by atoms with E-state index in [-0.39, 0.29) is 0 Å². The lowest BCUT2D eigenvalue weighted by Gasteiger charge is -2.00. The van der Waals surface area contributed by atoms with Crippen LogP contribution in [-0.4, -0.2) is 9.97 Å². The highest BCUT2D eigenvalue weighted by Gasteiger charge is 2.07. The van der Waals surface area contributed by atoms with E-state index >= 15 is 0 Å². The molecular formula is C15H18N2O2. The Kier molecular flexibility index (Phi) is 4.34. The third-order valence-corrected chi connectivity index (χ3v) is 2.98. The summed E-state index contributed by atoms with van der Waals surface area (Å²) in [5.41, 5.74) is 0.996. The van der Waals surface area contributed by atoms with Gasteiger partial charge in [-0.1, -0.05) is 26.5 Å². The molecule has 1 unspecified atom stereocenters. The highest BCUT2D eigenvalue weighted by Crippen LogP contribution is 2.18. The van der Waals surface area contributed by atoms with E-state index in [1.165, 1.54) is 0 Å². The fraction of sp³-hybridized carbons (Fsp3) is 0.333. The molecule has 2 rings (SSSR count). The normalized spacial score (nSPS) is 12.9.